The molecule has 0 amide bonds. The fourth-order valence-electron chi connectivity index (χ4n) is 2.87. The first-order chi connectivity index (χ1) is 12.6. The van der Waals surface area contributed by atoms with Crippen LogP contribution in [0.15, 0.2) is 28.9 Å². The first-order valence-electron chi connectivity index (χ1n) is 10.1. The standard InChI is InChI=1S/C22H34N2O2/c1-5-7-9-10-18(4)23-15-20-16-26-22(24-20)19-11-12-21(17(3)14-19)25-13-8-6-2/h11-12,14,16,18,23H,5-10,13,15H2,1-4H3. The van der Waals surface area contributed by atoms with Gasteiger partial charge in [0.25, 0.3) is 0 Å². The number of unbranched alkanes of at least 4 members (excludes halogenated alkanes) is 3. The zero-order valence-electron chi connectivity index (χ0n) is 16.8. The minimum atomic E-state index is 0.503. The van der Waals surface area contributed by atoms with Crippen molar-refractivity contribution in [1.82, 2.24) is 10.3 Å². The molecule has 1 atom stereocenters. The van der Waals surface area contributed by atoms with Gasteiger partial charge in [-0.3, -0.25) is 0 Å². The Bertz CT molecular complexity index is 651. The molecule has 4 nitrogen and oxygen atoms in total. The van der Waals surface area contributed by atoms with E-state index >= 15 is 0 Å². The number of nitrogens with zero attached hydrogens (tertiary/aromatic N) is 1. The van der Waals surface area contributed by atoms with Crippen LogP contribution in [0.4, 0.5) is 0 Å². The topological polar surface area (TPSA) is 47.3 Å². The molecule has 0 aliphatic heterocycles. The molecule has 26 heavy (non-hydrogen) atoms. The van der Waals surface area contributed by atoms with Crippen LogP contribution in [-0.2, 0) is 6.54 Å². The van der Waals surface area contributed by atoms with Gasteiger partial charge in [-0.25, -0.2) is 4.98 Å². The monoisotopic (exact) mass is 358 g/mol. The maximum atomic E-state index is 5.82. The van der Waals surface area contributed by atoms with Gasteiger partial charge in [0, 0.05) is 18.2 Å². The van der Waals surface area contributed by atoms with Crippen molar-refractivity contribution in [3.05, 3.63) is 35.7 Å². The summed E-state index contributed by atoms with van der Waals surface area (Å²) in [5.74, 6) is 1.61. The van der Waals surface area contributed by atoms with Crippen LogP contribution in [0.25, 0.3) is 11.5 Å². The summed E-state index contributed by atoms with van der Waals surface area (Å²) in [6.45, 7) is 10.2. The SMILES string of the molecule is CCCCCC(C)NCc1coc(-c2ccc(OCCCC)c(C)c2)n1. The summed E-state index contributed by atoms with van der Waals surface area (Å²) in [6.07, 6.45) is 9.02. The van der Waals surface area contributed by atoms with E-state index in [1.807, 2.05) is 12.1 Å². The van der Waals surface area contributed by atoms with E-state index in [0.29, 0.717) is 11.9 Å². The second kappa shape index (κ2) is 11.0. The second-order valence-electron chi connectivity index (χ2n) is 7.10. The Labute approximate surface area is 158 Å². The number of hydrogen-bond donors (Lipinski definition) is 1. The average molecular weight is 359 g/mol. The lowest BCUT2D eigenvalue weighted by Gasteiger charge is -2.11. The van der Waals surface area contributed by atoms with Crippen molar-refractivity contribution in [2.24, 2.45) is 0 Å². The molecule has 1 heterocycles. The van der Waals surface area contributed by atoms with Gasteiger partial charge >= 0.3 is 0 Å². The van der Waals surface area contributed by atoms with Crippen molar-refractivity contribution in [1.29, 1.82) is 0 Å². The Kier molecular flexibility index (Phi) is 8.69. The summed E-state index contributed by atoms with van der Waals surface area (Å²) in [6, 6.07) is 6.61. The van der Waals surface area contributed by atoms with Crippen LogP contribution in [-0.4, -0.2) is 17.6 Å². The summed E-state index contributed by atoms with van der Waals surface area (Å²) in [7, 11) is 0. The number of oxazole rings is 1. The molecule has 2 rings (SSSR count). The van der Waals surface area contributed by atoms with Crippen molar-refractivity contribution in [3.63, 3.8) is 0 Å². The van der Waals surface area contributed by atoms with Crippen molar-refractivity contribution in [3.8, 4) is 17.2 Å². The fourth-order valence-corrected chi connectivity index (χ4v) is 2.87. The molecule has 144 valence electrons. The van der Waals surface area contributed by atoms with Crippen LogP contribution in [0.2, 0.25) is 0 Å². The molecule has 0 saturated carbocycles. The van der Waals surface area contributed by atoms with Gasteiger partial charge in [-0.1, -0.05) is 39.5 Å². The zero-order valence-corrected chi connectivity index (χ0v) is 16.8. The van der Waals surface area contributed by atoms with Gasteiger partial charge < -0.3 is 14.5 Å². The normalized spacial score (nSPS) is 12.3. The van der Waals surface area contributed by atoms with Gasteiger partial charge in [0.15, 0.2) is 0 Å². The molecule has 0 bridgehead atoms. The first kappa shape index (κ1) is 20.5. The highest BCUT2D eigenvalue weighted by Crippen LogP contribution is 2.26. The zero-order chi connectivity index (χ0) is 18.8. The Balaban J connectivity index is 1.89. The van der Waals surface area contributed by atoms with Crippen molar-refractivity contribution in [2.45, 2.75) is 78.8 Å². The van der Waals surface area contributed by atoms with Crippen LogP contribution in [0, 0.1) is 6.92 Å². The van der Waals surface area contributed by atoms with Gasteiger partial charge in [-0.2, -0.15) is 0 Å². The number of benzene rings is 1. The fraction of sp³-hybridized carbons (Fsp3) is 0.591. The molecule has 1 N–H and O–H groups in total. The Morgan fingerprint density at radius 2 is 1.96 bits per heavy atom. The maximum Gasteiger partial charge on any atom is 0.226 e. The molecule has 1 aromatic carbocycles. The summed E-state index contributed by atoms with van der Waals surface area (Å²) < 4.78 is 11.5. The Morgan fingerprint density at radius 3 is 2.69 bits per heavy atom. The van der Waals surface area contributed by atoms with Crippen molar-refractivity contribution in [2.75, 3.05) is 6.61 Å². The van der Waals surface area contributed by atoms with Gasteiger partial charge in [0.05, 0.1) is 12.3 Å². The number of nitrogens with one attached hydrogen (secondary N) is 1. The van der Waals surface area contributed by atoms with E-state index in [0.717, 1.165) is 48.6 Å². The van der Waals surface area contributed by atoms with E-state index in [2.05, 4.69) is 44.1 Å². The lowest BCUT2D eigenvalue weighted by molar-refractivity contribution is 0.307. The van der Waals surface area contributed by atoms with E-state index in [1.165, 1.54) is 25.7 Å². The third kappa shape index (κ3) is 6.49. The number of ether oxygens (including phenoxy) is 1. The molecule has 0 aliphatic carbocycles. The number of aryl methyl sites for hydroxylation is 1. The summed E-state index contributed by atoms with van der Waals surface area (Å²) in [5, 5.41) is 3.53. The molecule has 0 saturated heterocycles. The van der Waals surface area contributed by atoms with Crippen molar-refractivity contribution >= 4 is 0 Å². The quantitative estimate of drug-likeness (QED) is 0.481. The Hall–Kier alpha value is -1.81. The van der Waals surface area contributed by atoms with Gasteiger partial charge in [0.2, 0.25) is 5.89 Å². The summed E-state index contributed by atoms with van der Waals surface area (Å²) in [4.78, 5) is 4.63. The highest BCUT2D eigenvalue weighted by atomic mass is 16.5. The van der Waals surface area contributed by atoms with Crippen molar-refractivity contribution < 1.29 is 9.15 Å². The van der Waals surface area contributed by atoms with E-state index in [4.69, 9.17) is 9.15 Å². The molecule has 1 unspecified atom stereocenters. The maximum absolute atomic E-state index is 5.82. The number of hydrogen-bond acceptors (Lipinski definition) is 4. The van der Waals surface area contributed by atoms with Gasteiger partial charge in [-0.15, -0.1) is 0 Å². The average Bonchev–Trinajstić information content (AvgIpc) is 3.11. The van der Waals surface area contributed by atoms with Crippen LogP contribution >= 0.6 is 0 Å². The largest absolute Gasteiger partial charge is 0.493 e. The van der Waals surface area contributed by atoms with Crippen LogP contribution in [0.3, 0.4) is 0 Å². The minimum absolute atomic E-state index is 0.503. The summed E-state index contributed by atoms with van der Waals surface area (Å²) in [5.41, 5.74) is 3.05. The number of rotatable bonds is 12. The smallest absolute Gasteiger partial charge is 0.226 e. The van der Waals surface area contributed by atoms with Crippen LogP contribution in [0.5, 0.6) is 5.75 Å². The molecule has 2 aromatic rings. The van der Waals surface area contributed by atoms with Crippen LogP contribution in [0.1, 0.15) is 70.6 Å². The lowest BCUT2D eigenvalue weighted by atomic mass is 10.1. The molecule has 1 aromatic heterocycles. The van der Waals surface area contributed by atoms with Gasteiger partial charge in [0.1, 0.15) is 12.0 Å². The third-order valence-corrected chi connectivity index (χ3v) is 4.60. The predicted molar refractivity (Wildman–Crippen MR) is 108 cm³/mol. The van der Waals surface area contributed by atoms with E-state index in [9.17, 15) is 0 Å². The molecule has 0 spiro atoms. The molecule has 0 aliphatic rings. The molecule has 4 heteroatoms. The second-order valence-corrected chi connectivity index (χ2v) is 7.10. The highest BCUT2D eigenvalue weighted by molar-refractivity contribution is 5.57. The van der Waals surface area contributed by atoms with E-state index < -0.39 is 0 Å². The van der Waals surface area contributed by atoms with E-state index in [1.54, 1.807) is 6.26 Å². The summed E-state index contributed by atoms with van der Waals surface area (Å²) >= 11 is 0. The van der Waals surface area contributed by atoms with E-state index in [-0.39, 0.29) is 0 Å². The minimum Gasteiger partial charge on any atom is -0.493 e. The molecule has 0 fully saturated rings. The highest BCUT2D eigenvalue weighted by Gasteiger charge is 2.10. The number of aromatic nitrogens is 1. The Morgan fingerprint density at radius 1 is 1.15 bits per heavy atom. The third-order valence-electron chi connectivity index (χ3n) is 4.60. The van der Waals surface area contributed by atoms with Gasteiger partial charge in [-0.05, 0) is 50.5 Å². The molecular formula is C22H34N2O2. The lowest BCUT2D eigenvalue weighted by Crippen LogP contribution is -2.25. The van der Waals surface area contributed by atoms with Crippen LogP contribution < -0.4 is 10.1 Å². The molecular weight excluding hydrogens is 324 g/mol. The predicted octanol–water partition coefficient (Wildman–Crippen LogP) is 5.89. The molecule has 0 radical (unpaired) electrons. The first-order valence-corrected chi connectivity index (χ1v) is 10.1.